The van der Waals surface area contributed by atoms with Crippen molar-refractivity contribution >= 4 is 48.9 Å². The zero-order valence-corrected chi connectivity index (χ0v) is 13.2. The minimum atomic E-state index is -3.90. The van der Waals surface area contributed by atoms with E-state index >= 15 is 0 Å². The average molecular weight is 394 g/mol. The number of nitrogens with zero attached hydrogens (tertiary/aromatic N) is 3. The Kier molecular flexibility index (Phi) is 4.40. The number of aromatic nitrogens is 2. The van der Waals surface area contributed by atoms with Gasteiger partial charge >= 0.3 is 0 Å². The number of nitro groups is 1. The van der Waals surface area contributed by atoms with Crippen LogP contribution >= 0.6 is 27.5 Å². The highest BCUT2D eigenvalue weighted by atomic mass is 79.9. The summed E-state index contributed by atoms with van der Waals surface area (Å²) >= 11 is 8.48. The van der Waals surface area contributed by atoms with Gasteiger partial charge in [0.05, 0.1) is 27.5 Å². The fourth-order valence-corrected chi connectivity index (χ4v) is 2.93. The van der Waals surface area contributed by atoms with Crippen molar-refractivity contribution < 1.29 is 13.3 Å². The number of halogens is 2. The normalized spacial score (nSPS) is 11.1. The molecule has 110 valence electrons. The van der Waals surface area contributed by atoms with Gasteiger partial charge in [-0.15, -0.1) is 0 Å². The number of nitro benzene ring substituents is 1. The van der Waals surface area contributed by atoms with Gasteiger partial charge < -0.3 is 0 Å². The van der Waals surface area contributed by atoms with Crippen LogP contribution in [0, 0.1) is 10.1 Å². The highest BCUT2D eigenvalue weighted by Crippen LogP contribution is 2.28. The number of hydrogen-bond acceptors (Lipinski definition) is 6. The third-order valence-electron chi connectivity index (χ3n) is 2.30. The molecule has 0 fully saturated rings. The number of rotatable bonds is 4. The van der Waals surface area contributed by atoms with E-state index in [1.54, 1.807) is 0 Å². The molecule has 8 nitrogen and oxygen atoms in total. The number of anilines is 1. The molecular weight excluding hydrogens is 388 g/mol. The first kappa shape index (κ1) is 15.6. The predicted octanol–water partition coefficient (Wildman–Crippen LogP) is 2.60. The lowest BCUT2D eigenvalue weighted by molar-refractivity contribution is -0.385. The zero-order valence-electron chi connectivity index (χ0n) is 10.0. The topological polar surface area (TPSA) is 115 Å². The Bertz CT molecular complexity index is 797. The van der Waals surface area contributed by atoms with Gasteiger partial charge in [0.2, 0.25) is 5.28 Å². The van der Waals surface area contributed by atoms with Crippen molar-refractivity contribution in [3.8, 4) is 0 Å². The van der Waals surface area contributed by atoms with Crippen LogP contribution in [0.1, 0.15) is 0 Å². The molecule has 0 aliphatic heterocycles. The summed E-state index contributed by atoms with van der Waals surface area (Å²) in [6.45, 7) is 0. The van der Waals surface area contributed by atoms with Gasteiger partial charge in [0, 0.05) is 6.07 Å². The fraction of sp³-hybridized carbons (Fsp3) is 0. The molecule has 0 unspecified atom stereocenters. The van der Waals surface area contributed by atoms with Crippen molar-refractivity contribution in [1.29, 1.82) is 0 Å². The van der Waals surface area contributed by atoms with Crippen LogP contribution in [0.15, 0.2) is 40.0 Å². The van der Waals surface area contributed by atoms with Crippen LogP contribution in [-0.4, -0.2) is 23.3 Å². The Morgan fingerprint density at radius 2 is 1.90 bits per heavy atom. The molecule has 2 rings (SSSR count). The lowest BCUT2D eigenvalue weighted by atomic mass is 10.3. The van der Waals surface area contributed by atoms with E-state index in [-0.39, 0.29) is 26.0 Å². The van der Waals surface area contributed by atoms with E-state index in [1.165, 1.54) is 18.2 Å². The Morgan fingerprint density at radius 3 is 2.43 bits per heavy atom. The van der Waals surface area contributed by atoms with E-state index in [0.717, 1.165) is 12.4 Å². The van der Waals surface area contributed by atoms with E-state index in [2.05, 4.69) is 30.6 Å². The van der Waals surface area contributed by atoms with Gasteiger partial charge in [-0.25, -0.2) is 18.4 Å². The van der Waals surface area contributed by atoms with Crippen molar-refractivity contribution in [3.63, 3.8) is 0 Å². The van der Waals surface area contributed by atoms with Gasteiger partial charge in [-0.1, -0.05) is 0 Å². The van der Waals surface area contributed by atoms with Crippen LogP contribution in [-0.2, 0) is 10.0 Å². The summed E-state index contributed by atoms with van der Waals surface area (Å²) in [7, 11) is -3.90. The van der Waals surface area contributed by atoms with Crippen LogP contribution in [0.5, 0.6) is 0 Å². The smallest absolute Gasteiger partial charge is 0.279 e. The molecule has 21 heavy (non-hydrogen) atoms. The van der Waals surface area contributed by atoms with Crippen LogP contribution < -0.4 is 4.72 Å². The number of hydrogen-bond donors (Lipinski definition) is 1. The largest absolute Gasteiger partial charge is 0.283 e. The molecule has 0 atom stereocenters. The quantitative estimate of drug-likeness (QED) is 0.485. The van der Waals surface area contributed by atoms with Crippen LogP contribution in [0.25, 0.3) is 0 Å². The summed E-state index contributed by atoms with van der Waals surface area (Å²) in [6.07, 6.45) is 2.11. The molecule has 1 N–H and O–H groups in total. The Balaban J connectivity index is 2.31. The molecule has 0 aliphatic carbocycles. The molecule has 1 heterocycles. The van der Waals surface area contributed by atoms with Gasteiger partial charge in [0.15, 0.2) is 0 Å². The zero-order chi connectivity index (χ0) is 15.6. The summed E-state index contributed by atoms with van der Waals surface area (Å²) < 4.78 is 26.5. The fourth-order valence-electron chi connectivity index (χ4n) is 1.37. The molecule has 2 aromatic rings. The van der Waals surface area contributed by atoms with Gasteiger partial charge in [0.1, 0.15) is 4.90 Å². The summed E-state index contributed by atoms with van der Waals surface area (Å²) in [5.41, 5.74) is -0.0183. The van der Waals surface area contributed by atoms with Crippen molar-refractivity contribution in [3.05, 3.63) is 50.5 Å². The van der Waals surface area contributed by atoms with Crippen molar-refractivity contribution in [2.24, 2.45) is 0 Å². The van der Waals surface area contributed by atoms with Gasteiger partial charge in [-0.05, 0) is 39.7 Å². The monoisotopic (exact) mass is 392 g/mol. The molecule has 0 spiro atoms. The number of nitrogens with one attached hydrogen (secondary N) is 1. The lowest BCUT2D eigenvalue weighted by Gasteiger charge is -2.07. The van der Waals surface area contributed by atoms with Crippen molar-refractivity contribution in [1.82, 2.24) is 9.97 Å². The second-order valence-electron chi connectivity index (χ2n) is 3.72. The Labute approximate surface area is 132 Å². The molecule has 0 bridgehead atoms. The predicted molar refractivity (Wildman–Crippen MR) is 78.6 cm³/mol. The average Bonchev–Trinajstić information content (AvgIpc) is 2.38. The number of sulfonamides is 1. The third kappa shape index (κ3) is 3.65. The van der Waals surface area contributed by atoms with Gasteiger partial charge in [0.25, 0.3) is 15.7 Å². The molecule has 1 aromatic carbocycles. The molecule has 1 aromatic heterocycles. The van der Waals surface area contributed by atoms with Crippen LogP contribution in [0.4, 0.5) is 11.4 Å². The first-order valence-corrected chi connectivity index (χ1v) is 7.89. The van der Waals surface area contributed by atoms with E-state index in [4.69, 9.17) is 11.6 Å². The lowest BCUT2D eigenvalue weighted by Crippen LogP contribution is -2.13. The second kappa shape index (κ2) is 5.92. The summed E-state index contributed by atoms with van der Waals surface area (Å²) in [4.78, 5) is 17.1. The second-order valence-corrected chi connectivity index (χ2v) is 6.59. The molecule has 0 amide bonds. The van der Waals surface area contributed by atoms with Gasteiger partial charge in [-0.2, -0.15) is 0 Å². The third-order valence-corrected chi connectivity index (χ3v) is 4.47. The maximum absolute atomic E-state index is 12.1. The first-order chi connectivity index (χ1) is 9.79. The van der Waals surface area contributed by atoms with Crippen LogP contribution in [0.2, 0.25) is 5.28 Å². The minimum absolute atomic E-state index is 0.0768. The molecule has 0 saturated heterocycles. The van der Waals surface area contributed by atoms with E-state index in [9.17, 15) is 18.5 Å². The highest BCUT2D eigenvalue weighted by molar-refractivity contribution is 9.10. The maximum atomic E-state index is 12.1. The summed E-state index contributed by atoms with van der Waals surface area (Å²) in [5.74, 6) is 0. The minimum Gasteiger partial charge on any atom is -0.279 e. The first-order valence-electron chi connectivity index (χ1n) is 5.24. The Hall–Kier alpha value is -1.78. The highest BCUT2D eigenvalue weighted by Gasteiger charge is 2.18. The molecule has 0 radical (unpaired) electrons. The van der Waals surface area contributed by atoms with E-state index in [1.807, 2.05) is 0 Å². The Morgan fingerprint density at radius 1 is 1.29 bits per heavy atom. The maximum Gasteiger partial charge on any atom is 0.283 e. The van der Waals surface area contributed by atoms with E-state index < -0.39 is 14.9 Å². The molecule has 0 saturated carbocycles. The van der Waals surface area contributed by atoms with Gasteiger partial charge in [-0.3, -0.25) is 14.8 Å². The molecular formula is C10H6BrClN4O4S. The van der Waals surface area contributed by atoms with Crippen LogP contribution in [0.3, 0.4) is 0 Å². The van der Waals surface area contributed by atoms with Crippen molar-refractivity contribution in [2.75, 3.05) is 4.72 Å². The molecule has 0 aliphatic rings. The van der Waals surface area contributed by atoms with E-state index in [0.29, 0.717) is 0 Å². The number of benzene rings is 1. The standard InChI is InChI=1S/C10H6BrClN4O4S/c11-8-3-6(1-2-9(8)16(17)18)15-21(19,20)7-4-13-10(12)14-5-7/h1-5,15H. The SMILES string of the molecule is O=[N+]([O-])c1ccc(NS(=O)(=O)c2cnc(Cl)nc2)cc1Br. The molecule has 11 heteroatoms. The van der Waals surface area contributed by atoms with Crippen molar-refractivity contribution in [2.45, 2.75) is 4.90 Å². The summed E-state index contributed by atoms with van der Waals surface area (Å²) in [5, 5.41) is 10.6. The summed E-state index contributed by atoms with van der Waals surface area (Å²) in [6, 6.07) is 3.74.